The number of nitrogens with zero attached hydrogens (tertiary/aromatic N) is 2. The molecule has 0 unspecified atom stereocenters. The predicted molar refractivity (Wildman–Crippen MR) is 62.6 cm³/mol. The number of hydrogen-bond acceptors (Lipinski definition) is 3. The summed E-state index contributed by atoms with van der Waals surface area (Å²) in [4.78, 5) is 14.2. The quantitative estimate of drug-likeness (QED) is 0.699. The normalized spacial score (nSPS) is 39.1. The van der Waals surface area contributed by atoms with Crippen molar-refractivity contribution in [2.24, 2.45) is 11.8 Å². The van der Waals surface area contributed by atoms with Gasteiger partial charge in [0.25, 0.3) is 0 Å². The summed E-state index contributed by atoms with van der Waals surface area (Å²) in [7, 11) is 0. The fourth-order valence-electron chi connectivity index (χ4n) is 3.40. The van der Waals surface area contributed by atoms with Crippen molar-refractivity contribution in [2.75, 3.05) is 5.75 Å². The summed E-state index contributed by atoms with van der Waals surface area (Å²) in [6, 6.07) is 2.10. The molecule has 1 aliphatic carbocycles. The van der Waals surface area contributed by atoms with Crippen LogP contribution >= 0.6 is 11.8 Å². The van der Waals surface area contributed by atoms with Crippen LogP contribution in [-0.2, 0) is 4.79 Å². The molecule has 86 valence electrons. The summed E-state index contributed by atoms with van der Waals surface area (Å²) in [5.74, 6) is 1.92. The van der Waals surface area contributed by atoms with Gasteiger partial charge < -0.3 is 4.90 Å². The van der Waals surface area contributed by atoms with Gasteiger partial charge in [0, 0.05) is 11.7 Å². The molecule has 0 spiro atoms. The molecule has 3 nitrogen and oxygen atoms in total. The number of rotatable bonds is 1. The van der Waals surface area contributed by atoms with E-state index < -0.39 is 0 Å². The van der Waals surface area contributed by atoms with E-state index in [0.29, 0.717) is 11.3 Å². The first-order valence-corrected chi connectivity index (χ1v) is 7.19. The van der Waals surface area contributed by atoms with E-state index in [4.69, 9.17) is 5.26 Å². The number of nitriles is 1. The van der Waals surface area contributed by atoms with Crippen molar-refractivity contribution in [1.82, 2.24) is 4.90 Å². The van der Waals surface area contributed by atoms with E-state index >= 15 is 0 Å². The van der Waals surface area contributed by atoms with Crippen LogP contribution in [-0.4, -0.2) is 28.0 Å². The summed E-state index contributed by atoms with van der Waals surface area (Å²) >= 11 is 1.79. The lowest BCUT2D eigenvalue weighted by molar-refractivity contribution is -0.133. The smallest absolute Gasteiger partial charge is 0.228 e. The number of carbonyl (C=O) groups is 1. The van der Waals surface area contributed by atoms with Gasteiger partial charge in [-0.25, -0.2) is 0 Å². The number of thioether (sulfide) groups is 1. The highest BCUT2D eigenvalue weighted by atomic mass is 32.2. The van der Waals surface area contributed by atoms with E-state index in [2.05, 4.69) is 6.07 Å². The van der Waals surface area contributed by atoms with Crippen LogP contribution in [0.5, 0.6) is 0 Å². The molecule has 1 saturated carbocycles. The standard InChI is InChI=1S/C12H16N2OS/c13-6-9-7-16-11-5-10(12(15)14(9)11)8-3-1-2-4-8/h8-11H,1-5,7H2/t9-,10+,11+/m1/s1. The number of fused-ring (bicyclic) bond motifs is 1. The molecule has 2 aliphatic heterocycles. The van der Waals surface area contributed by atoms with Crippen molar-refractivity contribution in [3.63, 3.8) is 0 Å². The van der Waals surface area contributed by atoms with Gasteiger partial charge in [-0.3, -0.25) is 4.79 Å². The average molecular weight is 236 g/mol. The molecule has 3 atom stereocenters. The minimum atomic E-state index is -0.158. The third-order valence-electron chi connectivity index (χ3n) is 4.24. The lowest BCUT2D eigenvalue weighted by Gasteiger charge is -2.20. The fourth-order valence-corrected chi connectivity index (χ4v) is 4.80. The van der Waals surface area contributed by atoms with Crippen LogP contribution in [0.2, 0.25) is 0 Å². The maximum absolute atomic E-state index is 12.3. The van der Waals surface area contributed by atoms with Crippen molar-refractivity contribution >= 4 is 17.7 Å². The molecule has 3 aliphatic rings. The van der Waals surface area contributed by atoms with Crippen LogP contribution in [0, 0.1) is 23.2 Å². The van der Waals surface area contributed by atoms with Crippen LogP contribution in [0.25, 0.3) is 0 Å². The number of amides is 1. The van der Waals surface area contributed by atoms with Crippen LogP contribution in [0.15, 0.2) is 0 Å². The SMILES string of the molecule is N#C[C@@H]1CS[C@H]2C[C@@H](C3CCCC3)C(=O)N12. The minimum absolute atomic E-state index is 0.158. The molecule has 0 aromatic carbocycles. The van der Waals surface area contributed by atoms with Gasteiger partial charge >= 0.3 is 0 Å². The highest BCUT2D eigenvalue weighted by Crippen LogP contribution is 2.45. The molecule has 4 heteroatoms. The molecule has 1 amide bonds. The molecule has 0 aromatic heterocycles. The van der Waals surface area contributed by atoms with Gasteiger partial charge in [0.1, 0.15) is 6.04 Å². The average Bonchev–Trinajstić information content (AvgIpc) is 2.96. The second kappa shape index (κ2) is 3.96. The molecule has 0 aromatic rings. The molecular weight excluding hydrogens is 220 g/mol. The summed E-state index contributed by atoms with van der Waals surface area (Å²) in [5.41, 5.74) is 0. The summed E-state index contributed by atoms with van der Waals surface area (Å²) in [6.45, 7) is 0. The third-order valence-corrected chi connectivity index (χ3v) is 5.55. The van der Waals surface area contributed by atoms with Gasteiger partial charge in [-0.1, -0.05) is 12.8 Å². The first kappa shape index (κ1) is 10.5. The zero-order chi connectivity index (χ0) is 11.1. The Balaban J connectivity index is 1.77. The second-order valence-electron chi connectivity index (χ2n) is 5.07. The fraction of sp³-hybridized carbons (Fsp3) is 0.833. The molecule has 0 bridgehead atoms. The van der Waals surface area contributed by atoms with E-state index in [-0.39, 0.29) is 17.9 Å². The van der Waals surface area contributed by atoms with Crippen LogP contribution in [0.3, 0.4) is 0 Å². The molecule has 0 N–H and O–H groups in total. The Hall–Kier alpha value is -0.690. The first-order chi connectivity index (χ1) is 7.81. The Morgan fingerprint density at radius 1 is 1.38 bits per heavy atom. The van der Waals surface area contributed by atoms with Crippen LogP contribution in [0.1, 0.15) is 32.1 Å². The Morgan fingerprint density at radius 3 is 2.81 bits per heavy atom. The topological polar surface area (TPSA) is 44.1 Å². The maximum Gasteiger partial charge on any atom is 0.228 e. The second-order valence-corrected chi connectivity index (χ2v) is 6.28. The Labute approximate surface area is 100 Å². The predicted octanol–water partition coefficient (Wildman–Crippen LogP) is 1.99. The van der Waals surface area contributed by atoms with Crippen molar-refractivity contribution in [3.05, 3.63) is 0 Å². The highest BCUT2D eigenvalue weighted by molar-refractivity contribution is 8.00. The molecule has 3 fully saturated rings. The van der Waals surface area contributed by atoms with Crippen molar-refractivity contribution in [1.29, 1.82) is 5.26 Å². The molecule has 3 rings (SSSR count). The van der Waals surface area contributed by atoms with Gasteiger partial charge in [0.2, 0.25) is 5.91 Å². The zero-order valence-electron chi connectivity index (χ0n) is 9.26. The Morgan fingerprint density at radius 2 is 2.12 bits per heavy atom. The molecule has 2 saturated heterocycles. The van der Waals surface area contributed by atoms with Gasteiger partial charge in [-0.05, 0) is 25.2 Å². The molecule has 0 radical (unpaired) electrons. The molecule has 16 heavy (non-hydrogen) atoms. The maximum atomic E-state index is 12.3. The van der Waals surface area contributed by atoms with Crippen molar-refractivity contribution in [3.8, 4) is 6.07 Å². The summed E-state index contributed by atoms with van der Waals surface area (Å²) < 4.78 is 0. The first-order valence-electron chi connectivity index (χ1n) is 6.14. The van der Waals surface area contributed by atoms with Crippen LogP contribution < -0.4 is 0 Å². The van der Waals surface area contributed by atoms with E-state index in [9.17, 15) is 4.79 Å². The van der Waals surface area contributed by atoms with Gasteiger partial charge in [0.15, 0.2) is 0 Å². The van der Waals surface area contributed by atoms with Gasteiger partial charge in [-0.2, -0.15) is 5.26 Å². The van der Waals surface area contributed by atoms with Crippen molar-refractivity contribution in [2.45, 2.75) is 43.5 Å². The van der Waals surface area contributed by atoms with E-state index in [1.165, 1.54) is 25.7 Å². The lowest BCUT2D eigenvalue weighted by atomic mass is 9.89. The van der Waals surface area contributed by atoms with Crippen molar-refractivity contribution < 1.29 is 4.79 Å². The largest absolute Gasteiger partial charge is 0.314 e. The third kappa shape index (κ3) is 1.45. The molecule has 2 heterocycles. The Bertz CT molecular complexity index is 345. The van der Waals surface area contributed by atoms with E-state index in [0.717, 1.165) is 12.2 Å². The monoisotopic (exact) mass is 236 g/mol. The van der Waals surface area contributed by atoms with Crippen LogP contribution in [0.4, 0.5) is 0 Å². The lowest BCUT2D eigenvalue weighted by Crippen LogP contribution is -2.37. The van der Waals surface area contributed by atoms with E-state index in [1.54, 1.807) is 11.8 Å². The summed E-state index contributed by atoms with van der Waals surface area (Å²) in [6.07, 6.45) is 6.01. The van der Waals surface area contributed by atoms with Gasteiger partial charge in [-0.15, -0.1) is 11.8 Å². The highest BCUT2D eigenvalue weighted by Gasteiger charge is 2.49. The van der Waals surface area contributed by atoms with Gasteiger partial charge in [0.05, 0.1) is 11.4 Å². The minimum Gasteiger partial charge on any atom is -0.314 e. The van der Waals surface area contributed by atoms with E-state index in [1.807, 2.05) is 4.90 Å². The Kier molecular flexibility index (Phi) is 2.59. The summed E-state index contributed by atoms with van der Waals surface area (Å²) in [5, 5.41) is 9.33. The molecular formula is C12H16N2OS. The zero-order valence-corrected chi connectivity index (χ0v) is 10.1. The number of hydrogen-bond donors (Lipinski definition) is 0. The number of carbonyl (C=O) groups excluding carboxylic acids is 1.